The lowest BCUT2D eigenvalue weighted by molar-refractivity contribution is 0.149. The van der Waals surface area contributed by atoms with E-state index in [-0.39, 0.29) is 11.7 Å². The summed E-state index contributed by atoms with van der Waals surface area (Å²) >= 11 is 3.11. The molecule has 1 nitrogen and oxygen atoms in total. The van der Waals surface area contributed by atoms with Gasteiger partial charge in [0.05, 0.1) is 10.6 Å². The van der Waals surface area contributed by atoms with Crippen LogP contribution in [0.1, 0.15) is 25.8 Å². The average molecular weight is 265 g/mol. The maximum atomic E-state index is 12.5. The van der Waals surface area contributed by atoms with Crippen molar-refractivity contribution in [3.63, 3.8) is 0 Å². The van der Waals surface area contributed by atoms with E-state index in [0.29, 0.717) is 10.2 Å². The molecule has 0 aliphatic rings. The second-order valence-electron chi connectivity index (χ2n) is 3.13. The standard InChI is InChI=1S/C10H11BrF2O/c1-6(2)14-8-5-3-4-7(9(8)11)10(12)13/h3-6,10H,1-2H3. The third-order valence-electron chi connectivity index (χ3n) is 1.59. The molecule has 0 saturated heterocycles. The fourth-order valence-electron chi connectivity index (χ4n) is 1.04. The molecule has 0 bridgehead atoms. The van der Waals surface area contributed by atoms with Gasteiger partial charge in [0.1, 0.15) is 5.75 Å². The zero-order valence-corrected chi connectivity index (χ0v) is 9.51. The Labute approximate surface area is 90.2 Å². The van der Waals surface area contributed by atoms with Gasteiger partial charge < -0.3 is 4.74 Å². The number of hydrogen-bond donors (Lipinski definition) is 0. The van der Waals surface area contributed by atoms with Gasteiger partial charge in [0.25, 0.3) is 6.43 Å². The Balaban J connectivity index is 3.01. The van der Waals surface area contributed by atoms with Gasteiger partial charge in [-0.2, -0.15) is 0 Å². The van der Waals surface area contributed by atoms with E-state index in [4.69, 9.17) is 4.74 Å². The maximum Gasteiger partial charge on any atom is 0.265 e. The number of benzene rings is 1. The van der Waals surface area contributed by atoms with Crippen molar-refractivity contribution in [2.45, 2.75) is 26.4 Å². The van der Waals surface area contributed by atoms with Crippen molar-refractivity contribution >= 4 is 15.9 Å². The van der Waals surface area contributed by atoms with Crippen molar-refractivity contribution in [2.24, 2.45) is 0 Å². The van der Waals surface area contributed by atoms with Crippen molar-refractivity contribution in [3.05, 3.63) is 28.2 Å². The molecule has 0 unspecified atom stereocenters. The lowest BCUT2D eigenvalue weighted by Crippen LogP contribution is -2.06. The fraction of sp³-hybridized carbons (Fsp3) is 0.400. The van der Waals surface area contributed by atoms with Crippen molar-refractivity contribution in [1.82, 2.24) is 0 Å². The summed E-state index contributed by atoms with van der Waals surface area (Å²) in [7, 11) is 0. The van der Waals surface area contributed by atoms with Crippen molar-refractivity contribution in [3.8, 4) is 5.75 Å². The second-order valence-corrected chi connectivity index (χ2v) is 3.92. The van der Waals surface area contributed by atoms with E-state index in [2.05, 4.69) is 15.9 Å². The van der Waals surface area contributed by atoms with Crippen LogP contribution in [0.2, 0.25) is 0 Å². The van der Waals surface area contributed by atoms with Gasteiger partial charge in [-0.1, -0.05) is 12.1 Å². The molecule has 0 aromatic heterocycles. The average Bonchev–Trinajstić information content (AvgIpc) is 2.07. The molecule has 0 spiro atoms. The van der Waals surface area contributed by atoms with Crippen molar-refractivity contribution < 1.29 is 13.5 Å². The molecule has 0 aliphatic carbocycles. The Kier molecular flexibility index (Phi) is 3.86. The van der Waals surface area contributed by atoms with Crippen molar-refractivity contribution in [2.75, 3.05) is 0 Å². The Morgan fingerprint density at radius 3 is 2.43 bits per heavy atom. The van der Waals surface area contributed by atoms with Crippen LogP contribution in [-0.4, -0.2) is 6.10 Å². The minimum Gasteiger partial charge on any atom is -0.490 e. The molecule has 0 N–H and O–H groups in total. The Bertz CT molecular complexity index is 313. The molecule has 78 valence electrons. The molecule has 0 atom stereocenters. The third-order valence-corrected chi connectivity index (χ3v) is 2.44. The molecule has 0 amide bonds. The minimum atomic E-state index is -2.49. The molecule has 0 saturated carbocycles. The SMILES string of the molecule is CC(C)Oc1cccc(C(F)F)c1Br. The number of ether oxygens (including phenoxy) is 1. The lowest BCUT2D eigenvalue weighted by Gasteiger charge is -2.13. The number of alkyl halides is 2. The second kappa shape index (κ2) is 4.73. The largest absolute Gasteiger partial charge is 0.490 e. The Morgan fingerprint density at radius 2 is 1.93 bits per heavy atom. The monoisotopic (exact) mass is 264 g/mol. The highest BCUT2D eigenvalue weighted by Gasteiger charge is 2.15. The van der Waals surface area contributed by atoms with E-state index in [1.165, 1.54) is 6.07 Å². The summed E-state index contributed by atoms with van der Waals surface area (Å²) in [6.45, 7) is 3.70. The van der Waals surface area contributed by atoms with E-state index in [0.717, 1.165) is 0 Å². The van der Waals surface area contributed by atoms with Gasteiger partial charge in [0.15, 0.2) is 0 Å². The van der Waals surface area contributed by atoms with Gasteiger partial charge in [-0.15, -0.1) is 0 Å². The van der Waals surface area contributed by atoms with Gasteiger partial charge in [0, 0.05) is 5.56 Å². The predicted molar refractivity (Wildman–Crippen MR) is 54.9 cm³/mol. The van der Waals surface area contributed by atoms with Gasteiger partial charge in [-0.05, 0) is 35.8 Å². The summed E-state index contributed by atoms with van der Waals surface area (Å²) < 4.78 is 30.6. The normalized spacial score (nSPS) is 11.1. The van der Waals surface area contributed by atoms with Gasteiger partial charge in [-0.3, -0.25) is 0 Å². The van der Waals surface area contributed by atoms with Crippen LogP contribution in [0, 0.1) is 0 Å². The molecule has 0 fully saturated rings. The summed E-state index contributed by atoms with van der Waals surface area (Å²) in [5.41, 5.74) is -0.0387. The number of halogens is 3. The maximum absolute atomic E-state index is 12.5. The van der Waals surface area contributed by atoms with Crippen LogP contribution >= 0.6 is 15.9 Å². The van der Waals surface area contributed by atoms with Gasteiger partial charge >= 0.3 is 0 Å². The summed E-state index contributed by atoms with van der Waals surface area (Å²) in [6, 6.07) is 4.60. The zero-order chi connectivity index (χ0) is 10.7. The first-order valence-electron chi connectivity index (χ1n) is 4.25. The number of hydrogen-bond acceptors (Lipinski definition) is 1. The molecule has 4 heteroatoms. The topological polar surface area (TPSA) is 9.23 Å². The van der Waals surface area contributed by atoms with Gasteiger partial charge in [-0.25, -0.2) is 8.78 Å². The Hall–Kier alpha value is -0.640. The van der Waals surface area contributed by atoms with Crippen LogP contribution in [0.3, 0.4) is 0 Å². The van der Waals surface area contributed by atoms with Crippen LogP contribution in [0.5, 0.6) is 5.75 Å². The quantitative estimate of drug-likeness (QED) is 0.796. The molecule has 0 radical (unpaired) electrons. The molecule has 1 aromatic rings. The van der Waals surface area contributed by atoms with Crippen LogP contribution < -0.4 is 4.74 Å². The van der Waals surface area contributed by atoms with Crippen LogP contribution in [0.15, 0.2) is 22.7 Å². The van der Waals surface area contributed by atoms with E-state index in [9.17, 15) is 8.78 Å². The molecular formula is C10H11BrF2O. The lowest BCUT2D eigenvalue weighted by atomic mass is 10.2. The van der Waals surface area contributed by atoms with E-state index in [1.807, 2.05) is 13.8 Å². The highest BCUT2D eigenvalue weighted by molar-refractivity contribution is 9.10. The molecule has 0 heterocycles. The van der Waals surface area contributed by atoms with Crippen LogP contribution in [-0.2, 0) is 0 Å². The first-order chi connectivity index (χ1) is 6.52. The zero-order valence-electron chi connectivity index (χ0n) is 7.93. The molecule has 0 aliphatic heterocycles. The Morgan fingerprint density at radius 1 is 1.29 bits per heavy atom. The fourth-order valence-corrected chi connectivity index (χ4v) is 1.57. The number of rotatable bonds is 3. The summed E-state index contributed by atoms with van der Waals surface area (Å²) in [5.74, 6) is 0.456. The molecular weight excluding hydrogens is 254 g/mol. The highest BCUT2D eigenvalue weighted by Crippen LogP contribution is 2.34. The van der Waals surface area contributed by atoms with E-state index < -0.39 is 6.43 Å². The predicted octanol–water partition coefficient (Wildman–Crippen LogP) is 4.17. The minimum absolute atomic E-state index is 0.0285. The summed E-state index contributed by atoms with van der Waals surface area (Å²) in [5, 5.41) is 0. The van der Waals surface area contributed by atoms with Crippen molar-refractivity contribution in [1.29, 1.82) is 0 Å². The smallest absolute Gasteiger partial charge is 0.265 e. The molecule has 1 aromatic carbocycles. The van der Waals surface area contributed by atoms with Gasteiger partial charge in [0.2, 0.25) is 0 Å². The molecule has 1 rings (SSSR count). The first kappa shape index (κ1) is 11.4. The first-order valence-corrected chi connectivity index (χ1v) is 5.05. The third kappa shape index (κ3) is 2.67. The highest BCUT2D eigenvalue weighted by atomic mass is 79.9. The van der Waals surface area contributed by atoms with Crippen LogP contribution in [0.25, 0.3) is 0 Å². The van der Waals surface area contributed by atoms with E-state index in [1.54, 1.807) is 12.1 Å². The summed E-state index contributed by atoms with van der Waals surface area (Å²) in [6.07, 6.45) is -2.51. The molecule has 14 heavy (non-hydrogen) atoms. The summed E-state index contributed by atoms with van der Waals surface area (Å²) in [4.78, 5) is 0. The van der Waals surface area contributed by atoms with Crippen LogP contribution in [0.4, 0.5) is 8.78 Å². The van der Waals surface area contributed by atoms with E-state index >= 15 is 0 Å².